The van der Waals surface area contributed by atoms with Gasteiger partial charge in [0.25, 0.3) is 0 Å². The van der Waals surface area contributed by atoms with Crippen LogP contribution in [-0.2, 0) is 19.1 Å². The van der Waals surface area contributed by atoms with E-state index in [1.807, 2.05) is 0 Å². The van der Waals surface area contributed by atoms with Crippen LogP contribution in [0.5, 0.6) is 0 Å². The molecule has 0 aromatic rings. The average Bonchev–Trinajstić information content (AvgIpc) is 2.40. The lowest BCUT2D eigenvalue weighted by molar-refractivity contribution is -0.151. The Kier molecular flexibility index (Phi) is 7.34. The lowest BCUT2D eigenvalue weighted by Gasteiger charge is -2.25. The molecule has 0 radical (unpaired) electrons. The van der Waals surface area contributed by atoms with Gasteiger partial charge in [-0.2, -0.15) is 0 Å². The summed E-state index contributed by atoms with van der Waals surface area (Å²) in [7, 11) is 0. The minimum atomic E-state index is -1.95. The minimum absolute atomic E-state index is 0.609. The maximum atomic E-state index is 11.2. The smallest absolute Gasteiger partial charge is 0.302 e. The van der Waals surface area contributed by atoms with E-state index in [-0.39, 0.29) is 0 Å². The zero-order valence-corrected chi connectivity index (χ0v) is 10.2. The molecule has 0 aromatic heterocycles. The average molecular weight is 279 g/mol. The molecule has 4 atom stereocenters. The van der Waals surface area contributed by atoms with Crippen LogP contribution < -0.4 is 5.73 Å². The van der Waals surface area contributed by atoms with Crippen molar-refractivity contribution < 1.29 is 39.5 Å². The molecule has 0 spiro atoms. The molecule has 0 saturated heterocycles. The Hall–Kier alpha value is -1.39. The largest absolute Gasteiger partial charge is 0.463 e. The molecular weight excluding hydrogens is 262 g/mol. The van der Waals surface area contributed by atoms with Crippen molar-refractivity contribution in [1.82, 2.24) is 0 Å². The van der Waals surface area contributed by atoms with Crippen LogP contribution in [0.1, 0.15) is 6.92 Å². The van der Waals surface area contributed by atoms with Gasteiger partial charge in [0, 0.05) is 6.92 Å². The van der Waals surface area contributed by atoms with Crippen molar-refractivity contribution in [2.24, 2.45) is 5.73 Å². The highest BCUT2D eigenvalue weighted by atomic mass is 16.5. The fourth-order valence-corrected chi connectivity index (χ4v) is 1.16. The summed E-state index contributed by atoms with van der Waals surface area (Å²) in [4.78, 5) is 32.6. The molecule has 6 N–H and O–H groups in total. The maximum absolute atomic E-state index is 11.2. The SMILES string of the molecule is CC(=O)OC[C@@H](O)[C@@H](O)[C@H](O)[C@H](N)C(=O)C(=O)CO. The van der Waals surface area contributed by atoms with Gasteiger partial charge in [-0.15, -0.1) is 0 Å². The molecule has 110 valence electrons. The molecule has 0 aromatic carbocycles. The van der Waals surface area contributed by atoms with Crippen LogP contribution in [0.2, 0.25) is 0 Å². The summed E-state index contributed by atoms with van der Waals surface area (Å²) in [6.45, 7) is -0.613. The molecule has 0 amide bonds. The maximum Gasteiger partial charge on any atom is 0.302 e. The Morgan fingerprint density at radius 3 is 2.11 bits per heavy atom. The lowest BCUT2D eigenvalue weighted by atomic mass is 9.97. The molecule has 9 nitrogen and oxygen atoms in total. The highest BCUT2D eigenvalue weighted by Gasteiger charge is 2.35. The van der Waals surface area contributed by atoms with E-state index in [1.54, 1.807) is 0 Å². The van der Waals surface area contributed by atoms with Crippen LogP contribution in [0.3, 0.4) is 0 Å². The number of carbonyl (C=O) groups excluding carboxylic acids is 3. The summed E-state index contributed by atoms with van der Waals surface area (Å²) < 4.78 is 4.39. The van der Waals surface area contributed by atoms with Crippen LogP contribution in [0.4, 0.5) is 0 Å². The minimum Gasteiger partial charge on any atom is -0.463 e. The first-order valence-corrected chi connectivity index (χ1v) is 5.33. The second-order valence-corrected chi connectivity index (χ2v) is 3.82. The van der Waals surface area contributed by atoms with Gasteiger partial charge in [0.1, 0.15) is 37.6 Å². The van der Waals surface area contributed by atoms with E-state index in [0.29, 0.717) is 0 Å². The number of Topliss-reactive ketones (excluding diaryl/α,β-unsaturated/α-hetero) is 2. The number of nitrogens with two attached hydrogens (primary N) is 1. The molecule has 0 fully saturated rings. The monoisotopic (exact) mass is 279 g/mol. The van der Waals surface area contributed by atoms with E-state index >= 15 is 0 Å². The number of esters is 1. The van der Waals surface area contributed by atoms with E-state index in [0.717, 1.165) is 6.92 Å². The van der Waals surface area contributed by atoms with E-state index < -0.39 is 55.1 Å². The van der Waals surface area contributed by atoms with Gasteiger partial charge in [-0.3, -0.25) is 14.4 Å². The standard InChI is InChI=1S/C10H17NO8/c1-4(13)19-3-6(15)9(17)10(18)7(11)8(16)5(14)2-12/h6-7,9-10,12,15,17-18H,2-3,11H2,1H3/t6-,7-,9-,10-/m1/s1. The van der Waals surface area contributed by atoms with Gasteiger partial charge in [0.05, 0.1) is 0 Å². The molecule has 19 heavy (non-hydrogen) atoms. The first-order chi connectivity index (χ1) is 8.72. The molecule has 0 bridgehead atoms. The van der Waals surface area contributed by atoms with Crippen molar-refractivity contribution in [2.45, 2.75) is 31.3 Å². The van der Waals surface area contributed by atoms with E-state index in [1.165, 1.54) is 0 Å². The van der Waals surface area contributed by atoms with E-state index in [9.17, 15) is 29.7 Å². The summed E-state index contributed by atoms with van der Waals surface area (Å²) in [5.41, 5.74) is 5.22. The Labute approximate surface area is 108 Å². The summed E-state index contributed by atoms with van der Waals surface area (Å²) in [6.07, 6.45) is -5.53. The molecule has 0 saturated carbocycles. The normalized spacial score (nSPS) is 17.2. The Morgan fingerprint density at radius 2 is 1.68 bits per heavy atom. The van der Waals surface area contributed by atoms with Crippen LogP contribution in [-0.4, -0.2) is 75.5 Å². The Bertz CT molecular complexity index is 344. The van der Waals surface area contributed by atoms with Gasteiger partial charge in [-0.1, -0.05) is 0 Å². The topological polar surface area (TPSA) is 167 Å². The summed E-state index contributed by atoms with van der Waals surface area (Å²) in [5, 5.41) is 36.8. The Morgan fingerprint density at radius 1 is 1.16 bits per heavy atom. The van der Waals surface area contributed by atoms with Gasteiger partial charge >= 0.3 is 5.97 Å². The van der Waals surface area contributed by atoms with Gasteiger partial charge in [0.2, 0.25) is 11.6 Å². The number of hydrogen-bond acceptors (Lipinski definition) is 9. The second kappa shape index (κ2) is 7.92. The predicted molar refractivity (Wildman–Crippen MR) is 59.7 cm³/mol. The van der Waals surface area contributed by atoms with Crippen LogP contribution >= 0.6 is 0 Å². The van der Waals surface area contributed by atoms with Gasteiger partial charge < -0.3 is 30.9 Å². The summed E-state index contributed by atoms with van der Waals surface area (Å²) in [5.74, 6) is -3.22. The van der Waals surface area contributed by atoms with Crippen LogP contribution in [0.15, 0.2) is 0 Å². The van der Waals surface area contributed by atoms with Crippen molar-refractivity contribution in [1.29, 1.82) is 0 Å². The predicted octanol–water partition coefficient (Wildman–Crippen LogP) is -3.91. The van der Waals surface area contributed by atoms with Gasteiger partial charge in [0.15, 0.2) is 0 Å². The third kappa shape index (κ3) is 5.41. The summed E-state index contributed by atoms with van der Waals surface area (Å²) >= 11 is 0. The number of carbonyl (C=O) groups is 3. The lowest BCUT2D eigenvalue weighted by Crippen LogP contribution is -2.54. The highest BCUT2D eigenvalue weighted by Crippen LogP contribution is 2.06. The molecule has 0 aliphatic rings. The highest BCUT2D eigenvalue weighted by molar-refractivity contribution is 6.39. The van der Waals surface area contributed by atoms with Crippen molar-refractivity contribution in [3.05, 3.63) is 0 Å². The number of hydrogen-bond donors (Lipinski definition) is 5. The molecule has 0 rings (SSSR count). The number of ether oxygens (including phenoxy) is 1. The third-order valence-electron chi connectivity index (χ3n) is 2.29. The van der Waals surface area contributed by atoms with Crippen molar-refractivity contribution in [2.75, 3.05) is 13.2 Å². The molecule has 9 heteroatoms. The van der Waals surface area contributed by atoms with E-state index in [4.69, 9.17) is 10.8 Å². The molecule has 0 heterocycles. The molecule has 0 unspecified atom stereocenters. The zero-order chi connectivity index (χ0) is 15.2. The van der Waals surface area contributed by atoms with Gasteiger partial charge in [-0.25, -0.2) is 0 Å². The van der Waals surface area contributed by atoms with Crippen molar-refractivity contribution >= 4 is 17.5 Å². The number of rotatable bonds is 8. The first-order valence-electron chi connectivity index (χ1n) is 5.33. The third-order valence-corrected chi connectivity index (χ3v) is 2.29. The molecular formula is C10H17NO8. The van der Waals surface area contributed by atoms with E-state index in [2.05, 4.69) is 4.74 Å². The van der Waals surface area contributed by atoms with Crippen molar-refractivity contribution in [3.63, 3.8) is 0 Å². The Balaban J connectivity index is 4.53. The first kappa shape index (κ1) is 17.6. The second-order valence-electron chi connectivity index (χ2n) is 3.82. The van der Waals surface area contributed by atoms with Crippen molar-refractivity contribution in [3.8, 4) is 0 Å². The number of aliphatic hydroxyl groups is 4. The quantitative estimate of drug-likeness (QED) is 0.220. The zero-order valence-electron chi connectivity index (χ0n) is 10.2. The number of ketones is 2. The fourth-order valence-electron chi connectivity index (χ4n) is 1.16. The summed E-state index contributed by atoms with van der Waals surface area (Å²) in [6, 6.07) is -1.80. The van der Waals surface area contributed by atoms with Crippen LogP contribution in [0, 0.1) is 0 Å². The molecule has 0 aliphatic heterocycles. The van der Waals surface area contributed by atoms with Crippen LogP contribution in [0.25, 0.3) is 0 Å². The molecule has 0 aliphatic carbocycles. The van der Waals surface area contributed by atoms with Gasteiger partial charge in [-0.05, 0) is 0 Å². The number of aliphatic hydroxyl groups excluding tert-OH is 4. The fraction of sp³-hybridized carbons (Fsp3) is 0.700.